The largest absolute Gasteiger partial charge is 0.497 e. The van der Waals surface area contributed by atoms with E-state index in [1.165, 1.54) is 0 Å². The number of likely N-dealkylation sites (tertiary alicyclic amines) is 1. The summed E-state index contributed by atoms with van der Waals surface area (Å²) in [6.45, 7) is 9.77. The smallest absolute Gasteiger partial charge is 0.324 e. The summed E-state index contributed by atoms with van der Waals surface area (Å²) < 4.78 is 12.5. The molecule has 242 valence electrons. The fraction of sp³-hybridized carbons (Fsp3) is 0.378. The maximum absolute atomic E-state index is 13.3. The van der Waals surface area contributed by atoms with Gasteiger partial charge in [-0.1, -0.05) is 56.7 Å². The molecule has 3 aromatic carbocycles. The molecule has 0 aliphatic carbocycles. The highest BCUT2D eigenvalue weighted by atomic mass is 16.5. The minimum atomic E-state index is -0.323. The van der Waals surface area contributed by atoms with Gasteiger partial charge in [-0.3, -0.25) is 10.1 Å². The van der Waals surface area contributed by atoms with Crippen molar-refractivity contribution in [2.24, 2.45) is 5.92 Å². The highest BCUT2D eigenvalue weighted by molar-refractivity contribution is 6.00. The summed E-state index contributed by atoms with van der Waals surface area (Å²) in [5.41, 5.74) is 5.47. The van der Waals surface area contributed by atoms with E-state index < -0.39 is 0 Å². The lowest BCUT2D eigenvalue weighted by Crippen LogP contribution is -2.39. The topological polar surface area (TPSA) is 97.7 Å². The molecule has 1 fully saturated rings. The summed E-state index contributed by atoms with van der Waals surface area (Å²) in [4.78, 5) is 28.4. The van der Waals surface area contributed by atoms with Crippen molar-refractivity contribution in [3.63, 3.8) is 0 Å². The molecule has 9 heteroatoms. The number of piperidine rings is 1. The van der Waals surface area contributed by atoms with Crippen LogP contribution in [0.25, 0.3) is 5.69 Å². The molecule has 0 atom stereocenters. The lowest BCUT2D eigenvalue weighted by Gasteiger charge is -2.32. The first-order valence-corrected chi connectivity index (χ1v) is 15.9. The minimum Gasteiger partial charge on any atom is -0.497 e. The Labute approximate surface area is 271 Å². The van der Waals surface area contributed by atoms with Crippen LogP contribution in [0.5, 0.6) is 11.5 Å². The molecule has 0 bridgehead atoms. The van der Waals surface area contributed by atoms with Crippen molar-refractivity contribution >= 4 is 23.4 Å². The second-order valence-corrected chi connectivity index (χ2v) is 13.1. The molecule has 3 amide bonds. The van der Waals surface area contributed by atoms with E-state index in [0.29, 0.717) is 42.7 Å². The molecule has 46 heavy (non-hydrogen) atoms. The number of nitrogens with one attached hydrogen (secondary N) is 2. The van der Waals surface area contributed by atoms with Gasteiger partial charge in [-0.25, -0.2) is 9.48 Å². The van der Waals surface area contributed by atoms with E-state index in [9.17, 15) is 9.59 Å². The number of anilines is 2. The van der Waals surface area contributed by atoms with Crippen LogP contribution in [-0.4, -0.2) is 53.9 Å². The fourth-order valence-electron chi connectivity index (χ4n) is 5.76. The van der Waals surface area contributed by atoms with Crippen LogP contribution in [0.2, 0.25) is 0 Å². The van der Waals surface area contributed by atoms with Crippen molar-refractivity contribution in [2.45, 2.75) is 58.8 Å². The number of urea groups is 1. The summed E-state index contributed by atoms with van der Waals surface area (Å²) in [7, 11) is 3.21. The van der Waals surface area contributed by atoms with Crippen LogP contribution in [0.1, 0.15) is 56.0 Å². The summed E-state index contributed by atoms with van der Waals surface area (Å²) >= 11 is 0. The number of aromatic nitrogens is 2. The zero-order chi connectivity index (χ0) is 32.8. The third kappa shape index (κ3) is 8.07. The van der Waals surface area contributed by atoms with Gasteiger partial charge in [-0.2, -0.15) is 5.10 Å². The number of methoxy groups -OCH3 is 2. The Morgan fingerprint density at radius 2 is 1.54 bits per heavy atom. The number of aryl methyl sites for hydroxylation is 1. The molecule has 2 N–H and O–H groups in total. The average molecular weight is 624 g/mol. The first kappa shape index (κ1) is 32.6. The monoisotopic (exact) mass is 623 g/mol. The Morgan fingerprint density at radius 1 is 0.891 bits per heavy atom. The zero-order valence-corrected chi connectivity index (χ0v) is 27.7. The molecule has 1 saturated heterocycles. The summed E-state index contributed by atoms with van der Waals surface area (Å²) in [6.07, 6.45) is 2.93. The van der Waals surface area contributed by atoms with Gasteiger partial charge in [0, 0.05) is 36.3 Å². The highest BCUT2D eigenvalue weighted by Gasteiger charge is 2.25. The molecule has 1 aliphatic rings. The Bertz CT molecular complexity index is 1640. The maximum Gasteiger partial charge on any atom is 0.324 e. The van der Waals surface area contributed by atoms with Crippen molar-refractivity contribution in [1.29, 1.82) is 0 Å². The van der Waals surface area contributed by atoms with E-state index in [-0.39, 0.29) is 17.4 Å². The Balaban J connectivity index is 1.20. The van der Waals surface area contributed by atoms with Gasteiger partial charge in [-0.05, 0) is 73.6 Å². The predicted molar refractivity (Wildman–Crippen MR) is 182 cm³/mol. The second-order valence-electron chi connectivity index (χ2n) is 13.1. The number of benzene rings is 3. The van der Waals surface area contributed by atoms with Crippen molar-refractivity contribution in [1.82, 2.24) is 14.7 Å². The number of rotatable bonds is 9. The normalized spacial score (nSPS) is 13.7. The SMILES string of the molecule is COc1cc(CC(=O)N2CCC(Cc3ccccc3NC(=O)Nc3cc(C(C)(C)C)nn3-c3ccc(C)cc3)CC2)cc(OC)c1. The molecule has 5 rings (SSSR count). The quantitative estimate of drug-likeness (QED) is 0.206. The average Bonchev–Trinajstić information content (AvgIpc) is 3.46. The summed E-state index contributed by atoms with van der Waals surface area (Å²) in [5, 5.41) is 10.9. The van der Waals surface area contributed by atoms with Gasteiger partial charge in [-0.15, -0.1) is 0 Å². The number of carbonyl (C=O) groups is 2. The van der Waals surface area contributed by atoms with E-state index in [1.54, 1.807) is 25.0 Å². The molecule has 4 aromatic rings. The minimum absolute atomic E-state index is 0.104. The molecule has 1 aliphatic heterocycles. The van der Waals surface area contributed by atoms with Crippen molar-refractivity contribution in [3.05, 3.63) is 95.2 Å². The third-order valence-electron chi connectivity index (χ3n) is 8.51. The van der Waals surface area contributed by atoms with Crippen LogP contribution in [0.4, 0.5) is 16.3 Å². The predicted octanol–water partition coefficient (Wildman–Crippen LogP) is 7.16. The molecule has 2 heterocycles. The molecular weight excluding hydrogens is 578 g/mol. The van der Waals surface area contributed by atoms with Crippen LogP contribution < -0.4 is 20.1 Å². The van der Waals surface area contributed by atoms with E-state index in [0.717, 1.165) is 53.0 Å². The molecular formula is C37H45N5O4. The third-order valence-corrected chi connectivity index (χ3v) is 8.51. The number of hydrogen-bond donors (Lipinski definition) is 2. The van der Waals surface area contributed by atoms with Crippen LogP contribution in [0.3, 0.4) is 0 Å². The Hall–Kier alpha value is -4.79. The van der Waals surface area contributed by atoms with Gasteiger partial charge in [0.2, 0.25) is 5.91 Å². The molecule has 1 aromatic heterocycles. The van der Waals surface area contributed by atoms with E-state index in [1.807, 2.05) is 72.5 Å². The first-order valence-electron chi connectivity index (χ1n) is 15.9. The van der Waals surface area contributed by atoms with Gasteiger partial charge in [0.15, 0.2) is 0 Å². The van der Waals surface area contributed by atoms with Crippen LogP contribution in [-0.2, 0) is 23.1 Å². The van der Waals surface area contributed by atoms with Gasteiger partial charge in [0.05, 0.1) is 32.0 Å². The van der Waals surface area contributed by atoms with Gasteiger partial charge >= 0.3 is 6.03 Å². The number of ether oxygens (including phenoxy) is 2. The maximum atomic E-state index is 13.3. The van der Waals surface area contributed by atoms with Crippen LogP contribution >= 0.6 is 0 Å². The Kier molecular flexibility index (Phi) is 9.99. The molecule has 0 unspecified atom stereocenters. The number of amides is 3. The second kappa shape index (κ2) is 14.1. The van der Waals surface area contributed by atoms with Gasteiger partial charge in [0.25, 0.3) is 0 Å². The van der Waals surface area contributed by atoms with Crippen molar-refractivity contribution in [3.8, 4) is 17.2 Å². The van der Waals surface area contributed by atoms with Gasteiger partial charge in [0.1, 0.15) is 17.3 Å². The van der Waals surface area contributed by atoms with E-state index in [2.05, 4.69) is 37.5 Å². The van der Waals surface area contributed by atoms with Crippen molar-refractivity contribution in [2.75, 3.05) is 37.9 Å². The highest BCUT2D eigenvalue weighted by Crippen LogP contribution is 2.29. The summed E-state index contributed by atoms with van der Waals surface area (Å²) in [6, 6.07) is 23.2. The lowest BCUT2D eigenvalue weighted by molar-refractivity contribution is -0.131. The Morgan fingerprint density at radius 3 is 2.17 bits per heavy atom. The zero-order valence-electron chi connectivity index (χ0n) is 27.7. The van der Waals surface area contributed by atoms with Crippen molar-refractivity contribution < 1.29 is 19.1 Å². The van der Waals surface area contributed by atoms with E-state index in [4.69, 9.17) is 14.6 Å². The fourth-order valence-corrected chi connectivity index (χ4v) is 5.76. The lowest BCUT2D eigenvalue weighted by atomic mass is 9.89. The number of carbonyl (C=O) groups excluding carboxylic acids is 2. The van der Waals surface area contributed by atoms with Gasteiger partial charge < -0.3 is 19.7 Å². The van der Waals surface area contributed by atoms with E-state index >= 15 is 0 Å². The first-order chi connectivity index (χ1) is 22.0. The molecule has 9 nitrogen and oxygen atoms in total. The summed E-state index contributed by atoms with van der Waals surface area (Å²) in [5.74, 6) is 2.46. The standard InChI is InChI=1S/C37H45N5O4/c1-25-11-13-29(14-12-25)42-34(24-33(40-42)37(2,3)4)39-36(44)38-32-10-8-7-9-28(32)19-26-15-17-41(18-16-26)35(43)22-27-20-30(45-5)23-31(21-27)46-6/h7-14,20-21,23-24,26H,15-19,22H2,1-6H3,(H2,38,39,44). The number of nitrogens with zero attached hydrogens (tertiary/aromatic N) is 3. The molecule has 0 saturated carbocycles. The van der Waals surface area contributed by atoms with Crippen LogP contribution in [0, 0.1) is 12.8 Å². The van der Waals surface area contributed by atoms with Crippen LogP contribution in [0.15, 0.2) is 72.8 Å². The molecule has 0 radical (unpaired) electrons. The number of para-hydroxylation sites is 1. The number of hydrogen-bond acceptors (Lipinski definition) is 5. The molecule has 0 spiro atoms.